The first kappa shape index (κ1) is 46.2. The number of benzene rings is 3. The molecule has 0 atom stereocenters. The van der Waals surface area contributed by atoms with Crippen LogP contribution < -0.4 is 5.32 Å². The van der Waals surface area contributed by atoms with Crippen LogP contribution in [-0.4, -0.2) is 58.2 Å². The summed E-state index contributed by atoms with van der Waals surface area (Å²) in [5.74, 6) is -1.15. The molecule has 0 aliphatic rings. The number of aromatic hydroxyl groups is 1. The summed E-state index contributed by atoms with van der Waals surface area (Å²) in [5, 5.41) is 11.9. The van der Waals surface area contributed by atoms with Gasteiger partial charge in [0.05, 0.1) is 31.8 Å². The first-order valence-corrected chi connectivity index (χ1v) is 18.4. The molecule has 0 saturated carbocycles. The van der Waals surface area contributed by atoms with E-state index >= 15 is 0 Å². The molecule has 0 aliphatic heterocycles. The Morgan fingerprint density at radius 2 is 1.13 bits per heavy atom. The van der Waals surface area contributed by atoms with Crippen molar-refractivity contribution in [2.75, 3.05) is 5.32 Å². The van der Waals surface area contributed by atoms with Gasteiger partial charge in [0.1, 0.15) is 16.3 Å². The number of phenols is 1. The fourth-order valence-electron chi connectivity index (χ4n) is 4.54. The van der Waals surface area contributed by atoms with Crippen molar-refractivity contribution in [2.24, 2.45) is 0 Å². The fraction of sp³-hybridized carbons (Fsp3) is 0.424. The van der Waals surface area contributed by atoms with Crippen LogP contribution in [0.4, 0.5) is 5.69 Å². The predicted molar refractivity (Wildman–Crippen MR) is 199 cm³/mol. The summed E-state index contributed by atoms with van der Waals surface area (Å²) in [6.45, 7) is 2.26. The van der Waals surface area contributed by atoms with E-state index in [1.165, 1.54) is 82.8 Å². The molecule has 258 valence electrons. The van der Waals surface area contributed by atoms with Gasteiger partial charge in [0.25, 0.3) is 16.0 Å². The monoisotopic (exact) mass is 779 g/mol. The molecule has 0 aromatic heterocycles. The third kappa shape index (κ3) is 17.7. The van der Waals surface area contributed by atoms with E-state index in [1.54, 1.807) is 42.5 Å². The number of aryl methyl sites for hydroxylation is 1. The van der Waals surface area contributed by atoms with E-state index in [2.05, 4.69) is 24.1 Å². The molecular formula is C33H43Cl5NNaO6S. The second-order valence-electron chi connectivity index (χ2n) is 10.6. The Labute approximate surface area is 326 Å². The van der Waals surface area contributed by atoms with Crippen LogP contribution in [0, 0.1) is 0 Å². The van der Waals surface area contributed by atoms with Crippen molar-refractivity contribution >= 4 is 110 Å². The number of anilines is 1. The van der Waals surface area contributed by atoms with Crippen molar-refractivity contribution in [1.82, 2.24) is 0 Å². The van der Waals surface area contributed by atoms with Gasteiger partial charge in [0, 0.05) is 5.69 Å². The van der Waals surface area contributed by atoms with Crippen LogP contribution in [0.15, 0.2) is 59.5 Å². The molecule has 0 radical (unpaired) electrons. The third-order valence-corrected chi connectivity index (χ3v) is 9.70. The number of hydrogen-bond acceptors (Lipinski definition) is 5. The third-order valence-electron chi connectivity index (χ3n) is 7.04. The molecule has 0 saturated heterocycles. The molecule has 1 amide bonds. The topological polar surface area (TPSA) is 124 Å². The molecule has 3 aromatic carbocycles. The minimum absolute atomic E-state index is 0. The maximum atomic E-state index is 12.2. The number of unbranched alkanes of at least 4 members (excludes halogenated alkanes) is 11. The van der Waals surface area contributed by atoms with Crippen molar-refractivity contribution in [3.05, 3.63) is 85.8 Å². The zero-order valence-corrected chi connectivity index (χ0v) is 30.3. The fourth-order valence-corrected chi connectivity index (χ4v) is 5.95. The molecule has 0 aliphatic carbocycles. The summed E-state index contributed by atoms with van der Waals surface area (Å²) in [6.07, 6.45) is 17.0. The Morgan fingerprint density at radius 3 is 1.60 bits per heavy atom. The van der Waals surface area contributed by atoms with Crippen molar-refractivity contribution in [3.63, 3.8) is 0 Å². The number of halogens is 5. The molecular weight excluding hydrogens is 739 g/mol. The molecule has 0 bridgehead atoms. The molecule has 14 heteroatoms. The van der Waals surface area contributed by atoms with Crippen LogP contribution >= 0.6 is 58.3 Å². The molecule has 0 spiro atoms. The number of para-hydroxylation sites is 1. The number of amides is 1. The van der Waals surface area contributed by atoms with Crippen LogP contribution in [0.1, 0.15) is 99.9 Å². The van der Waals surface area contributed by atoms with Crippen LogP contribution in [0.5, 0.6) is 5.75 Å². The van der Waals surface area contributed by atoms with Crippen molar-refractivity contribution < 1.29 is 27.5 Å². The van der Waals surface area contributed by atoms with E-state index in [0.29, 0.717) is 5.69 Å². The van der Waals surface area contributed by atoms with E-state index in [0.717, 1.165) is 18.4 Å². The van der Waals surface area contributed by atoms with Gasteiger partial charge in [0.2, 0.25) is 0 Å². The van der Waals surface area contributed by atoms with Gasteiger partial charge in [0.15, 0.2) is 0 Å². The summed E-state index contributed by atoms with van der Waals surface area (Å²) in [4.78, 5) is 12.1. The van der Waals surface area contributed by atoms with Gasteiger partial charge in [-0.3, -0.25) is 14.0 Å². The van der Waals surface area contributed by atoms with Crippen LogP contribution in [0.2, 0.25) is 20.1 Å². The summed E-state index contributed by atoms with van der Waals surface area (Å²) in [6, 6.07) is 15.2. The Bertz CT molecular complexity index is 1400. The number of rotatable bonds is 16. The number of hydrogen-bond donors (Lipinski definition) is 4. The Hall–Kier alpha value is -0.750. The zero-order chi connectivity index (χ0) is 34.5. The zero-order valence-electron chi connectivity index (χ0n) is 25.8. The Morgan fingerprint density at radius 1 is 0.681 bits per heavy atom. The second kappa shape index (κ2) is 26.1. The number of carbonyl (C=O) groups excluding carboxylic acids is 1. The first-order valence-electron chi connectivity index (χ1n) is 15.1. The van der Waals surface area contributed by atoms with Gasteiger partial charge in [-0.1, -0.05) is 154 Å². The number of carbonyl (C=O) groups is 1. The molecule has 47 heavy (non-hydrogen) atoms. The van der Waals surface area contributed by atoms with E-state index < -0.39 is 21.8 Å². The molecule has 3 aromatic rings. The molecule has 7 nitrogen and oxygen atoms in total. The van der Waals surface area contributed by atoms with Crippen molar-refractivity contribution in [3.8, 4) is 5.75 Å². The van der Waals surface area contributed by atoms with Gasteiger partial charge < -0.3 is 10.4 Å². The summed E-state index contributed by atoms with van der Waals surface area (Å²) >= 11 is 27.0. The average Bonchev–Trinajstić information content (AvgIpc) is 3.05. The minimum atomic E-state index is -4.07. The van der Waals surface area contributed by atoms with Gasteiger partial charge in [-0.25, -0.2) is 0 Å². The molecule has 3 rings (SSSR count). The molecule has 4 N–H and O–H groups in total. The Kier molecular flexibility index (Phi) is 25.7. The van der Waals surface area contributed by atoms with Crippen molar-refractivity contribution in [1.29, 1.82) is 0 Å². The van der Waals surface area contributed by atoms with E-state index in [-0.39, 0.29) is 60.1 Å². The summed E-state index contributed by atoms with van der Waals surface area (Å²) in [5.41, 5.74) is 1.44. The Balaban J connectivity index is 0.000000848. The van der Waals surface area contributed by atoms with Gasteiger partial charge >= 0.3 is 29.6 Å². The average molecular weight is 782 g/mol. The molecule has 0 fully saturated rings. The van der Waals surface area contributed by atoms with Gasteiger partial charge in [-0.05, 0) is 42.7 Å². The van der Waals surface area contributed by atoms with Crippen LogP contribution in [0.25, 0.3) is 0 Å². The van der Waals surface area contributed by atoms with Gasteiger partial charge in [-0.15, -0.1) is 0 Å². The predicted octanol–water partition coefficient (Wildman–Crippen LogP) is 10.9. The summed E-state index contributed by atoms with van der Waals surface area (Å²) in [7, 11) is -4.07. The second-order valence-corrected chi connectivity index (χ2v) is 13.5. The van der Waals surface area contributed by atoms with E-state index in [1.807, 2.05) is 0 Å². The maximum absolute atomic E-state index is 12.2. The normalized spacial score (nSPS) is 10.6. The van der Waals surface area contributed by atoms with Crippen LogP contribution in [0.3, 0.4) is 0 Å². The first-order chi connectivity index (χ1) is 22.0. The summed E-state index contributed by atoms with van der Waals surface area (Å²) < 4.78 is 37.4. The standard InChI is InChI=1S/C20H34O3S.C13H7Cl4NO2.ClHO.Na.H/c1-2-3-4-5-6-7-8-9-10-11-12-13-14-19-15-17-20(18-16-19)24(21,22)23;14-8-7(12(19)11(17)10(16)9(8)15)13(20)18-6-4-2-1-3-5-6;1-2;;/h15-18H,2-14H2,1H3,(H,21,22,23);1-5,19H,(H,18,20);2H;;. The number of phenolic OH excluding ortho intramolecular Hbond substituents is 1. The number of nitrogens with one attached hydrogen (secondary N) is 1. The SMILES string of the molecule is CCCCCCCCCCCCCCc1ccc(S(=O)(=O)O)cc1.O=C(Nc1ccccc1)c1c(O)c(Cl)c(Cl)c(Cl)c1Cl.OCl.[NaH]. The van der Waals surface area contributed by atoms with Crippen molar-refractivity contribution in [2.45, 2.75) is 95.3 Å². The quantitative estimate of drug-likeness (QED) is 0.0377. The molecule has 0 unspecified atom stereocenters. The van der Waals surface area contributed by atoms with Crippen LogP contribution in [-0.2, 0) is 16.5 Å². The van der Waals surface area contributed by atoms with E-state index in [4.69, 9.17) is 55.6 Å². The van der Waals surface area contributed by atoms with E-state index in [9.17, 15) is 18.3 Å². The van der Waals surface area contributed by atoms with Gasteiger partial charge in [-0.2, -0.15) is 8.42 Å². The molecule has 0 heterocycles.